The van der Waals surface area contributed by atoms with Crippen LogP contribution in [0.5, 0.6) is 0 Å². The first-order valence-electron chi connectivity index (χ1n) is 4.08. The zero-order chi connectivity index (χ0) is 10.1. The van der Waals surface area contributed by atoms with Gasteiger partial charge in [0.25, 0.3) is 0 Å². The van der Waals surface area contributed by atoms with E-state index in [1.54, 1.807) is 18.2 Å². The van der Waals surface area contributed by atoms with E-state index in [9.17, 15) is 4.79 Å². The average molecular weight is 194 g/mol. The fourth-order valence-electron chi connectivity index (χ4n) is 1.32. The molecule has 0 aliphatic heterocycles. The average Bonchev–Trinajstić information content (AvgIpc) is 2.55. The zero-order valence-electron chi connectivity index (χ0n) is 7.24. The van der Waals surface area contributed by atoms with Gasteiger partial charge >= 0.3 is 5.69 Å². The van der Waals surface area contributed by atoms with Crippen molar-refractivity contribution in [3.63, 3.8) is 0 Å². The number of hydrogen-bond donors (Lipinski definition) is 5. The van der Waals surface area contributed by atoms with Gasteiger partial charge in [0.15, 0.2) is 0 Å². The number of aromatic nitrogens is 2. The molecule has 0 saturated heterocycles. The summed E-state index contributed by atoms with van der Waals surface area (Å²) in [6.45, 7) is 0. The third kappa shape index (κ3) is 1.41. The quantitative estimate of drug-likeness (QED) is 0.337. The predicted molar refractivity (Wildman–Crippen MR) is 50.8 cm³/mol. The fraction of sp³-hybridized carbons (Fsp3) is 0.125. The van der Waals surface area contributed by atoms with Gasteiger partial charge in [-0.15, -0.1) is 0 Å². The van der Waals surface area contributed by atoms with Gasteiger partial charge in [-0.1, -0.05) is 6.07 Å². The van der Waals surface area contributed by atoms with Crippen LogP contribution in [-0.2, 0) is 0 Å². The molecular weight excluding hydrogens is 184 g/mol. The number of aromatic amines is 2. The van der Waals surface area contributed by atoms with Gasteiger partial charge in [-0.2, -0.15) is 5.48 Å². The molecule has 1 heterocycles. The molecule has 0 spiro atoms. The number of H-pyrrole nitrogens is 2. The normalized spacial score (nSPS) is 13.3. The van der Waals surface area contributed by atoms with Gasteiger partial charge in [0.2, 0.25) is 0 Å². The number of nitrogens with two attached hydrogens (primary N) is 1. The van der Waals surface area contributed by atoms with Crippen LogP contribution in [-0.4, -0.2) is 15.2 Å². The van der Waals surface area contributed by atoms with Gasteiger partial charge < -0.3 is 20.9 Å². The van der Waals surface area contributed by atoms with Crippen LogP contribution in [0.2, 0.25) is 0 Å². The van der Waals surface area contributed by atoms with Crippen molar-refractivity contribution in [3.8, 4) is 0 Å². The molecule has 14 heavy (non-hydrogen) atoms. The molecule has 0 aliphatic rings. The number of hydrogen-bond acceptors (Lipinski definition) is 4. The first-order valence-corrected chi connectivity index (χ1v) is 4.08. The summed E-state index contributed by atoms with van der Waals surface area (Å²) in [5.74, 6) is 0. The van der Waals surface area contributed by atoms with E-state index in [1.165, 1.54) is 0 Å². The van der Waals surface area contributed by atoms with Crippen molar-refractivity contribution >= 4 is 11.0 Å². The van der Waals surface area contributed by atoms with Crippen molar-refractivity contribution in [2.45, 2.75) is 6.17 Å². The number of nitrogens with one attached hydrogen (secondary N) is 3. The van der Waals surface area contributed by atoms with E-state index in [0.717, 1.165) is 0 Å². The van der Waals surface area contributed by atoms with Crippen molar-refractivity contribution in [2.24, 2.45) is 5.73 Å². The van der Waals surface area contributed by atoms with Crippen molar-refractivity contribution in [1.29, 1.82) is 0 Å². The van der Waals surface area contributed by atoms with Crippen LogP contribution in [0.1, 0.15) is 11.7 Å². The lowest BCUT2D eigenvalue weighted by Gasteiger charge is -2.08. The molecule has 0 amide bonds. The van der Waals surface area contributed by atoms with Crippen molar-refractivity contribution in [1.82, 2.24) is 15.4 Å². The second-order valence-electron chi connectivity index (χ2n) is 2.99. The highest BCUT2D eigenvalue weighted by Gasteiger charge is 2.05. The van der Waals surface area contributed by atoms with E-state index in [1.807, 2.05) is 5.48 Å². The largest absolute Gasteiger partial charge is 0.323 e. The first-order chi connectivity index (χ1) is 6.70. The lowest BCUT2D eigenvalue weighted by molar-refractivity contribution is 0.128. The maximum absolute atomic E-state index is 10.9. The molecule has 0 fully saturated rings. The summed E-state index contributed by atoms with van der Waals surface area (Å²) in [6, 6.07) is 5.14. The summed E-state index contributed by atoms with van der Waals surface area (Å²) >= 11 is 0. The van der Waals surface area contributed by atoms with Crippen molar-refractivity contribution in [2.75, 3.05) is 0 Å². The molecule has 1 unspecified atom stereocenters. The molecule has 0 bridgehead atoms. The Morgan fingerprint density at radius 1 is 1.36 bits per heavy atom. The molecule has 2 aromatic rings. The standard InChI is InChI=1S/C8H10N4O2/c9-7(12-14)4-1-2-5-6(3-4)11-8(13)10-5/h1-3,7,12,14H,9H2,(H2,10,11,13). The number of benzene rings is 1. The molecule has 1 aromatic carbocycles. The number of rotatable bonds is 2. The lowest BCUT2D eigenvalue weighted by Crippen LogP contribution is -2.25. The minimum absolute atomic E-state index is 0.261. The van der Waals surface area contributed by atoms with Gasteiger partial charge in [0.05, 0.1) is 11.0 Å². The van der Waals surface area contributed by atoms with E-state index in [2.05, 4.69) is 9.97 Å². The monoisotopic (exact) mass is 194 g/mol. The van der Waals surface area contributed by atoms with Crippen LogP contribution in [0.25, 0.3) is 11.0 Å². The van der Waals surface area contributed by atoms with Crippen molar-refractivity contribution in [3.05, 3.63) is 34.2 Å². The number of hydroxylamine groups is 1. The first kappa shape index (κ1) is 8.95. The Balaban J connectivity index is 2.55. The lowest BCUT2D eigenvalue weighted by atomic mass is 10.1. The Hall–Kier alpha value is -1.63. The number of fused-ring (bicyclic) bond motifs is 1. The molecule has 1 aromatic heterocycles. The van der Waals surface area contributed by atoms with Crippen LogP contribution in [0.3, 0.4) is 0 Å². The third-order valence-corrected chi connectivity index (χ3v) is 2.04. The Bertz CT molecular complexity index is 501. The van der Waals surface area contributed by atoms with E-state index in [4.69, 9.17) is 10.9 Å². The van der Waals surface area contributed by atoms with Gasteiger partial charge in [-0.3, -0.25) is 0 Å². The van der Waals surface area contributed by atoms with Gasteiger partial charge in [-0.25, -0.2) is 4.79 Å². The summed E-state index contributed by atoms with van der Waals surface area (Å²) in [7, 11) is 0. The molecule has 0 saturated carbocycles. The fourth-order valence-corrected chi connectivity index (χ4v) is 1.32. The maximum Gasteiger partial charge on any atom is 0.323 e. The molecule has 0 aliphatic carbocycles. The maximum atomic E-state index is 10.9. The predicted octanol–water partition coefficient (Wildman–Crippen LogP) is -0.208. The van der Waals surface area contributed by atoms with E-state index in [-0.39, 0.29) is 5.69 Å². The van der Waals surface area contributed by atoms with Gasteiger partial charge in [-0.05, 0) is 17.7 Å². The van der Waals surface area contributed by atoms with E-state index in [0.29, 0.717) is 16.6 Å². The highest BCUT2D eigenvalue weighted by Crippen LogP contribution is 2.13. The van der Waals surface area contributed by atoms with E-state index >= 15 is 0 Å². The van der Waals surface area contributed by atoms with Gasteiger partial charge in [0.1, 0.15) is 6.17 Å². The molecule has 6 nitrogen and oxygen atoms in total. The molecule has 74 valence electrons. The third-order valence-electron chi connectivity index (χ3n) is 2.04. The van der Waals surface area contributed by atoms with Crippen LogP contribution >= 0.6 is 0 Å². The highest BCUT2D eigenvalue weighted by molar-refractivity contribution is 5.75. The zero-order valence-corrected chi connectivity index (χ0v) is 7.24. The second-order valence-corrected chi connectivity index (χ2v) is 2.99. The molecule has 6 heteroatoms. The van der Waals surface area contributed by atoms with Crippen LogP contribution in [0, 0.1) is 0 Å². The van der Waals surface area contributed by atoms with Crippen LogP contribution < -0.4 is 16.9 Å². The molecule has 0 radical (unpaired) electrons. The highest BCUT2D eigenvalue weighted by atomic mass is 16.5. The summed E-state index contributed by atoms with van der Waals surface area (Å²) in [4.78, 5) is 16.1. The summed E-state index contributed by atoms with van der Waals surface area (Å²) in [5.41, 5.74) is 9.26. The summed E-state index contributed by atoms with van der Waals surface area (Å²) in [6.07, 6.45) is -0.655. The van der Waals surface area contributed by atoms with E-state index < -0.39 is 6.17 Å². The molecule has 2 rings (SSSR count). The summed E-state index contributed by atoms with van der Waals surface area (Å²) < 4.78 is 0. The second kappa shape index (κ2) is 3.26. The molecular formula is C8H10N4O2. The molecule has 1 atom stereocenters. The minimum Gasteiger partial charge on any atom is -0.315 e. The number of imidazole rings is 1. The SMILES string of the molecule is NC(NO)c1ccc2[nH]c(=O)[nH]c2c1. The van der Waals surface area contributed by atoms with Crippen molar-refractivity contribution < 1.29 is 5.21 Å². The minimum atomic E-state index is -0.655. The Kier molecular flexibility index (Phi) is 2.08. The topological polar surface area (TPSA) is 107 Å². The summed E-state index contributed by atoms with van der Waals surface area (Å²) in [5, 5.41) is 8.61. The van der Waals surface area contributed by atoms with Crippen LogP contribution in [0.15, 0.2) is 23.0 Å². The smallest absolute Gasteiger partial charge is 0.315 e. The Morgan fingerprint density at radius 2 is 2.07 bits per heavy atom. The van der Waals surface area contributed by atoms with Gasteiger partial charge in [0, 0.05) is 0 Å². The Morgan fingerprint density at radius 3 is 2.79 bits per heavy atom. The molecule has 6 N–H and O–H groups in total. The van der Waals surface area contributed by atoms with Crippen LogP contribution in [0.4, 0.5) is 0 Å². The Labute approximate surface area is 78.7 Å².